The third-order valence-electron chi connectivity index (χ3n) is 3.05. The van der Waals surface area contributed by atoms with E-state index in [0.717, 1.165) is 26.2 Å². The summed E-state index contributed by atoms with van der Waals surface area (Å²) in [6.07, 6.45) is 3.17. The van der Waals surface area contributed by atoms with E-state index in [4.69, 9.17) is 12.2 Å². The van der Waals surface area contributed by atoms with Crippen molar-refractivity contribution in [3.8, 4) is 0 Å². The SMILES string of the molecule is C[NH+]1CCN(C(=S)NC(=O)c2cccnc2)CC1. The molecule has 2 heterocycles. The average Bonchev–Trinajstić information content (AvgIpc) is 2.40. The molecule has 0 unspecified atom stereocenters. The normalized spacial score (nSPS) is 16.4. The number of likely N-dealkylation sites (N-methyl/N-ethyl adjacent to an activating group) is 1. The summed E-state index contributed by atoms with van der Waals surface area (Å²) in [5.41, 5.74) is 0.527. The van der Waals surface area contributed by atoms with Gasteiger partial charge in [0.2, 0.25) is 0 Å². The Bertz CT molecular complexity index is 429. The molecule has 6 heteroatoms. The number of piperazine rings is 1. The fourth-order valence-corrected chi connectivity index (χ4v) is 2.11. The van der Waals surface area contributed by atoms with Gasteiger partial charge in [0.15, 0.2) is 5.11 Å². The molecule has 1 aliphatic rings. The Balaban J connectivity index is 1.90. The van der Waals surface area contributed by atoms with Crippen molar-refractivity contribution in [2.24, 2.45) is 0 Å². The Morgan fingerprint density at radius 2 is 2.22 bits per heavy atom. The Morgan fingerprint density at radius 3 is 2.83 bits per heavy atom. The number of quaternary nitrogens is 1. The average molecular weight is 265 g/mol. The van der Waals surface area contributed by atoms with Gasteiger partial charge in [-0.25, -0.2) is 0 Å². The first-order valence-corrected chi connectivity index (χ1v) is 6.39. The van der Waals surface area contributed by atoms with Crippen LogP contribution < -0.4 is 10.2 Å². The minimum atomic E-state index is -0.195. The second-order valence-corrected chi connectivity index (χ2v) is 4.83. The summed E-state index contributed by atoms with van der Waals surface area (Å²) in [7, 11) is 2.16. The maximum Gasteiger partial charge on any atom is 0.258 e. The van der Waals surface area contributed by atoms with E-state index in [1.54, 1.807) is 18.3 Å². The molecule has 1 aliphatic heterocycles. The molecule has 0 saturated carbocycles. The highest BCUT2D eigenvalue weighted by molar-refractivity contribution is 7.80. The third kappa shape index (κ3) is 3.24. The van der Waals surface area contributed by atoms with Gasteiger partial charge in [0, 0.05) is 12.4 Å². The molecule has 2 N–H and O–H groups in total. The molecule has 1 aromatic heterocycles. The smallest absolute Gasteiger partial charge is 0.258 e. The third-order valence-corrected chi connectivity index (χ3v) is 3.41. The molecule has 1 saturated heterocycles. The predicted octanol–water partition coefficient (Wildman–Crippen LogP) is -1.07. The van der Waals surface area contributed by atoms with E-state index >= 15 is 0 Å². The molecule has 96 valence electrons. The number of nitrogens with zero attached hydrogens (tertiary/aromatic N) is 2. The minimum Gasteiger partial charge on any atom is -0.338 e. The lowest BCUT2D eigenvalue weighted by Gasteiger charge is -2.31. The van der Waals surface area contributed by atoms with Crippen molar-refractivity contribution < 1.29 is 9.69 Å². The highest BCUT2D eigenvalue weighted by Crippen LogP contribution is 1.97. The molecular formula is C12H17N4OS+. The summed E-state index contributed by atoms with van der Waals surface area (Å²) in [5, 5.41) is 3.26. The van der Waals surface area contributed by atoms with Gasteiger partial charge in [-0.2, -0.15) is 0 Å². The number of carbonyl (C=O) groups excluding carboxylic acids is 1. The van der Waals surface area contributed by atoms with Gasteiger partial charge in [-0.15, -0.1) is 0 Å². The van der Waals surface area contributed by atoms with Crippen molar-refractivity contribution in [2.75, 3.05) is 33.2 Å². The molecule has 0 aromatic carbocycles. The van der Waals surface area contributed by atoms with E-state index in [9.17, 15) is 4.79 Å². The Labute approximate surface area is 112 Å². The van der Waals surface area contributed by atoms with Crippen LogP contribution in [0.2, 0.25) is 0 Å². The molecule has 0 radical (unpaired) electrons. The lowest BCUT2D eigenvalue weighted by molar-refractivity contribution is -0.883. The number of aromatic nitrogens is 1. The zero-order chi connectivity index (χ0) is 13.0. The van der Waals surface area contributed by atoms with Gasteiger partial charge < -0.3 is 9.80 Å². The first kappa shape index (κ1) is 12.9. The first-order valence-electron chi connectivity index (χ1n) is 5.98. The van der Waals surface area contributed by atoms with Crippen LogP contribution in [-0.2, 0) is 0 Å². The van der Waals surface area contributed by atoms with E-state index in [-0.39, 0.29) is 5.91 Å². The number of rotatable bonds is 1. The van der Waals surface area contributed by atoms with E-state index < -0.39 is 0 Å². The zero-order valence-corrected chi connectivity index (χ0v) is 11.2. The second-order valence-electron chi connectivity index (χ2n) is 4.45. The summed E-state index contributed by atoms with van der Waals surface area (Å²) in [6, 6.07) is 3.45. The van der Waals surface area contributed by atoms with E-state index in [0.29, 0.717) is 10.7 Å². The molecule has 5 nitrogen and oxygen atoms in total. The molecule has 1 amide bonds. The largest absolute Gasteiger partial charge is 0.338 e. The summed E-state index contributed by atoms with van der Waals surface area (Å²) >= 11 is 5.25. The number of carbonyl (C=O) groups is 1. The fourth-order valence-electron chi connectivity index (χ4n) is 1.84. The van der Waals surface area contributed by atoms with Crippen LogP contribution in [0.25, 0.3) is 0 Å². The van der Waals surface area contributed by atoms with Crippen LogP contribution in [0.3, 0.4) is 0 Å². The van der Waals surface area contributed by atoms with Crippen molar-refractivity contribution in [3.05, 3.63) is 30.1 Å². The first-order chi connectivity index (χ1) is 8.66. The molecule has 0 atom stereocenters. The van der Waals surface area contributed by atoms with Crippen molar-refractivity contribution >= 4 is 23.2 Å². The summed E-state index contributed by atoms with van der Waals surface area (Å²) in [5.74, 6) is -0.195. The van der Waals surface area contributed by atoms with Gasteiger partial charge in [-0.05, 0) is 24.4 Å². The molecule has 1 fully saturated rings. The monoisotopic (exact) mass is 265 g/mol. The Hall–Kier alpha value is -1.53. The lowest BCUT2D eigenvalue weighted by Crippen LogP contribution is -3.12. The highest BCUT2D eigenvalue weighted by atomic mass is 32.1. The Morgan fingerprint density at radius 1 is 1.50 bits per heavy atom. The van der Waals surface area contributed by atoms with Gasteiger partial charge in [-0.3, -0.25) is 15.1 Å². The topological polar surface area (TPSA) is 49.7 Å². The molecule has 0 bridgehead atoms. The van der Waals surface area contributed by atoms with Gasteiger partial charge in [0.05, 0.1) is 38.8 Å². The molecule has 2 rings (SSSR count). The molecule has 0 aliphatic carbocycles. The quantitative estimate of drug-likeness (QED) is 0.635. The number of thiocarbonyl (C=S) groups is 1. The van der Waals surface area contributed by atoms with Crippen LogP contribution in [0.4, 0.5) is 0 Å². The summed E-state index contributed by atoms with van der Waals surface area (Å²) in [4.78, 5) is 19.3. The Kier molecular flexibility index (Phi) is 4.22. The lowest BCUT2D eigenvalue weighted by atomic mass is 10.3. The van der Waals surface area contributed by atoms with Crippen LogP contribution >= 0.6 is 12.2 Å². The predicted molar refractivity (Wildman–Crippen MR) is 72.5 cm³/mol. The van der Waals surface area contributed by atoms with Crippen molar-refractivity contribution in [1.82, 2.24) is 15.2 Å². The van der Waals surface area contributed by atoms with Crippen LogP contribution in [0.1, 0.15) is 10.4 Å². The van der Waals surface area contributed by atoms with Gasteiger partial charge in [-0.1, -0.05) is 0 Å². The highest BCUT2D eigenvalue weighted by Gasteiger charge is 2.20. The number of nitrogens with one attached hydrogen (secondary N) is 2. The van der Waals surface area contributed by atoms with Crippen molar-refractivity contribution in [2.45, 2.75) is 0 Å². The number of pyridine rings is 1. The van der Waals surface area contributed by atoms with Gasteiger partial charge in [0.25, 0.3) is 5.91 Å². The van der Waals surface area contributed by atoms with Crippen LogP contribution in [0, 0.1) is 0 Å². The minimum absolute atomic E-state index is 0.195. The zero-order valence-electron chi connectivity index (χ0n) is 10.3. The van der Waals surface area contributed by atoms with Crippen LogP contribution in [0.5, 0.6) is 0 Å². The number of amides is 1. The summed E-state index contributed by atoms with van der Waals surface area (Å²) < 4.78 is 0. The molecular weight excluding hydrogens is 248 g/mol. The fraction of sp³-hybridized carbons (Fsp3) is 0.417. The molecule has 1 aromatic rings. The number of hydrogen-bond donors (Lipinski definition) is 2. The molecule has 0 spiro atoms. The maximum absolute atomic E-state index is 11.9. The number of hydrogen-bond acceptors (Lipinski definition) is 3. The van der Waals surface area contributed by atoms with Crippen LogP contribution in [-0.4, -0.2) is 54.1 Å². The van der Waals surface area contributed by atoms with Gasteiger partial charge >= 0.3 is 0 Å². The summed E-state index contributed by atoms with van der Waals surface area (Å²) in [6.45, 7) is 3.86. The molecule has 18 heavy (non-hydrogen) atoms. The van der Waals surface area contributed by atoms with Crippen molar-refractivity contribution in [3.63, 3.8) is 0 Å². The van der Waals surface area contributed by atoms with Gasteiger partial charge in [0.1, 0.15) is 0 Å². The van der Waals surface area contributed by atoms with Crippen LogP contribution in [0.15, 0.2) is 24.5 Å². The van der Waals surface area contributed by atoms with E-state index in [1.807, 2.05) is 4.90 Å². The second kappa shape index (κ2) is 5.88. The standard InChI is InChI=1S/C12H16N4OS/c1-15-5-7-16(8-6-15)12(18)14-11(17)10-3-2-4-13-9-10/h2-4,9H,5-8H2,1H3,(H,14,17,18)/p+1. The van der Waals surface area contributed by atoms with Crippen molar-refractivity contribution in [1.29, 1.82) is 0 Å². The van der Waals surface area contributed by atoms with E-state index in [1.165, 1.54) is 11.1 Å². The van der Waals surface area contributed by atoms with E-state index in [2.05, 4.69) is 17.3 Å². The maximum atomic E-state index is 11.9.